The summed E-state index contributed by atoms with van der Waals surface area (Å²) in [5, 5.41) is 2.43. The van der Waals surface area contributed by atoms with E-state index in [-0.39, 0.29) is 16.8 Å². The molecule has 1 aromatic heterocycles. The summed E-state index contributed by atoms with van der Waals surface area (Å²) in [6.45, 7) is 1.37. The third-order valence-electron chi connectivity index (χ3n) is 2.80. The average Bonchev–Trinajstić information content (AvgIpc) is 2.40. The van der Waals surface area contributed by atoms with E-state index in [0.717, 1.165) is 6.07 Å². The van der Waals surface area contributed by atoms with E-state index in [4.69, 9.17) is 0 Å². The van der Waals surface area contributed by atoms with Gasteiger partial charge in [-0.3, -0.25) is 4.79 Å². The van der Waals surface area contributed by atoms with Gasteiger partial charge in [0.05, 0.1) is 11.1 Å². The summed E-state index contributed by atoms with van der Waals surface area (Å²) in [5.74, 6) is -0.535. The van der Waals surface area contributed by atoms with Gasteiger partial charge in [-0.2, -0.15) is 13.2 Å². The molecule has 2 rings (SSSR count). The summed E-state index contributed by atoms with van der Waals surface area (Å²) in [6.07, 6.45) is -2.96. The number of benzene rings is 1. The van der Waals surface area contributed by atoms with Crippen LogP contribution in [0.5, 0.6) is 0 Å². The van der Waals surface area contributed by atoms with Crippen LogP contribution in [0.15, 0.2) is 41.1 Å². The predicted molar refractivity (Wildman–Crippen MR) is 76.1 cm³/mol. The van der Waals surface area contributed by atoms with Crippen LogP contribution in [0.1, 0.15) is 21.5 Å². The number of aryl methyl sites for hydroxylation is 1. The van der Waals surface area contributed by atoms with Gasteiger partial charge in [-0.05, 0) is 52.7 Å². The van der Waals surface area contributed by atoms with E-state index >= 15 is 0 Å². The number of hydrogen-bond acceptors (Lipinski definition) is 2. The van der Waals surface area contributed by atoms with Gasteiger partial charge in [0.25, 0.3) is 5.91 Å². The zero-order valence-corrected chi connectivity index (χ0v) is 12.4. The van der Waals surface area contributed by atoms with Crippen molar-refractivity contribution >= 4 is 27.5 Å². The van der Waals surface area contributed by atoms with Crippen LogP contribution in [-0.2, 0) is 6.18 Å². The lowest BCUT2D eigenvalue weighted by atomic mass is 10.1. The number of anilines is 1. The molecule has 110 valence electrons. The molecule has 1 amide bonds. The van der Waals surface area contributed by atoms with Crippen molar-refractivity contribution in [3.63, 3.8) is 0 Å². The molecule has 21 heavy (non-hydrogen) atoms. The number of amides is 1. The van der Waals surface area contributed by atoms with Crippen LogP contribution >= 0.6 is 15.9 Å². The van der Waals surface area contributed by atoms with Gasteiger partial charge in [0, 0.05) is 11.9 Å². The SMILES string of the molecule is Cc1ccc(NC(=O)c2cccnc2Br)cc1C(F)(F)F. The molecular weight excluding hydrogens is 349 g/mol. The second-order valence-electron chi connectivity index (χ2n) is 4.32. The average molecular weight is 359 g/mol. The minimum Gasteiger partial charge on any atom is -0.322 e. The molecule has 0 fully saturated rings. The van der Waals surface area contributed by atoms with Crippen LogP contribution in [0.2, 0.25) is 0 Å². The van der Waals surface area contributed by atoms with Gasteiger partial charge < -0.3 is 5.32 Å². The second-order valence-corrected chi connectivity index (χ2v) is 5.07. The van der Waals surface area contributed by atoms with Crippen LogP contribution in [0.4, 0.5) is 18.9 Å². The maximum Gasteiger partial charge on any atom is 0.416 e. The topological polar surface area (TPSA) is 42.0 Å². The van der Waals surface area contributed by atoms with E-state index in [0.29, 0.717) is 4.60 Å². The molecule has 0 aliphatic rings. The minimum atomic E-state index is -4.46. The number of alkyl halides is 3. The van der Waals surface area contributed by atoms with Crippen LogP contribution in [0, 0.1) is 6.92 Å². The Labute approximate surface area is 127 Å². The molecule has 1 aromatic carbocycles. The Bertz CT molecular complexity index is 686. The normalized spacial score (nSPS) is 11.3. The van der Waals surface area contributed by atoms with Crippen molar-refractivity contribution in [2.45, 2.75) is 13.1 Å². The fraction of sp³-hybridized carbons (Fsp3) is 0.143. The maximum absolute atomic E-state index is 12.8. The summed E-state index contributed by atoms with van der Waals surface area (Å²) in [6, 6.07) is 6.74. The number of carbonyl (C=O) groups excluding carboxylic acids is 1. The first kappa shape index (κ1) is 15.5. The lowest BCUT2D eigenvalue weighted by Gasteiger charge is -2.13. The van der Waals surface area contributed by atoms with Crippen molar-refractivity contribution in [1.82, 2.24) is 4.98 Å². The second kappa shape index (κ2) is 5.85. The molecular formula is C14H10BrF3N2O. The van der Waals surface area contributed by atoms with Crippen LogP contribution in [0.3, 0.4) is 0 Å². The monoisotopic (exact) mass is 358 g/mol. The molecule has 3 nitrogen and oxygen atoms in total. The van der Waals surface area contributed by atoms with Crippen molar-refractivity contribution in [2.75, 3.05) is 5.32 Å². The van der Waals surface area contributed by atoms with Crippen molar-refractivity contribution in [2.24, 2.45) is 0 Å². The number of pyridine rings is 1. The quantitative estimate of drug-likeness (QED) is 0.807. The van der Waals surface area contributed by atoms with Crippen LogP contribution < -0.4 is 5.32 Å². The molecule has 0 bridgehead atoms. The molecule has 0 atom stereocenters. The summed E-state index contributed by atoms with van der Waals surface area (Å²) < 4.78 is 38.8. The van der Waals surface area contributed by atoms with Gasteiger partial charge in [0.2, 0.25) is 0 Å². The summed E-state index contributed by atoms with van der Waals surface area (Å²) >= 11 is 3.12. The largest absolute Gasteiger partial charge is 0.416 e. The minimum absolute atomic E-state index is 0.0775. The molecule has 2 aromatic rings. The van der Waals surface area contributed by atoms with Gasteiger partial charge in [0.15, 0.2) is 0 Å². The Morgan fingerprint density at radius 3 is 2.62 bits per heavy atom. The van der Waals surface area contributed by atoms with Crippen molar-refractivity contribution in [3.05, 3.63) is 57.8 Å². The first-order chi connectivity index (χ1) is 9.79. The highest BCUT2D eigenvalue weighted by atomic mass is 79.9. The highest BCUT2D eigenvalue weighted by Gasteiger charge is 2.32. The summed E-state index contributed by atoms with van der Waals surface area (Å²) in [7, 11) is 0. The zero-order chi connectivity index (χ0) is 15.6. The Kier molecular flexibility index (Phi) is 4.32. The van der Waals surface area contributed by atoms with E-state index in [1.165, 1.54) is 31.3 Å². The molecule has 0 saturated heterocycles. The van der Waals surface area contributed by atoms with E-state index in [1.54, 1.807) is 6.07 Å². The number of nitrogens with zero attached hydrogens (tertiary/aromatic N) is 1. The number of rotatable bonds is 2. The van der Waals surface area contributed by atoms with Crippen molar-refractivity contribution < 1.29 is 18.0 Å². The molecule has 1 heterocycles. The highest BCUT2D eigenvalue weighted by molar-refractivity contribution is 9.10. The highest BCUT2D eigenvalue weighted by Crippen LogP contribution is 2.33. The molecule has 0 radical (unpaired) electrons. The van der Waals surface area contributed by atoms with Crippen molar-refractivity contribution in [3.8, 4) is 0 Å². The number of hydrogen-bond donors (Lipinski definition) is 1. The molecule has 0 spiro atoms. The van der Waals surface area contributed by atoms with Gasteiger partial charge >= 0.3 is 6.18 Å². The van der Waals surface area contributed by atoms with Gasteiger partial charge in [-0.1, -0.05) is 6.07 Å². The van der Waals surface area contributed by atoms with E-state index in [1.807, 2.05) is 0 Å². The number of halogens is 4. The fourth-order valence-corrected chi connectivity index (χ4v) is 2.19. The molecule has 1 N–H and O–H groups in total. The Balaban J connectivity index is 2.29. The molecule has 0 unspecified atom stereocenters. The first-order valence-electron chi connectivity index (χ1n) is 5.89. The summed E-state index contributed by atoms with van der Waals surface area (Å²) in [4.78, 5) is 15.9. The number of carbonyl (C=O) groups is 1. The first-order valence-corrected chi connectivity index (χ1v) is 6.68. The number of aromatic nitrogens is 1. The number of nitrogens with one attached hydrogen (secondary N) is 1. The third kappa shape index (κ3) is 3.60. The predicted octanol–water partition coefficient (Wildman–Crippen LogP) is 4.42. The fourth-order valence-electron chi connectivity index (χ4n) is 1.76. The third-order valence-corrected chi connectivity index (χ3v) is 3.44. The Hall–Kier alpha value is -1.89. The standard InChI is InChI=1S/C14H10BrF3N2O/c1-8-4-5-9(7-11(8)14(16,17)18)20-13(21)10-3-2-6-19-12(10)15/h2-7H,1H3,(H,20,21). The van der Waals surface area contributed by atoms with Gasteiger partial charge in [0.1, 0.15) is 4.60 Å². The Morgan fingerprint density at radius 1 is 1.29 bits per heavy atom. The van der Waals surface area contributed by atoms with E-state index in [9.17, 15) is 18.0 Å². The van der Waals surface area contributed by atoms with Gasteiger partial charge in [-0.25, -0.2) is 4.98 Å². The zero-order valence-electron chi connectivity index (χ0n) is 10.8. The lowest BCUT2D eigenvalue weighted by molar-refractivity contribution is -0.138. The lowest BCUT2D eigenvalue weighted by Crippen LogP contribution is -2.14. The Morgan fingerprint density at radius 2 is 2.00 bits per heavy atom. The summed E-state index contributed by atoms with van der Waals surface area (Å²) in [5.41, 5.74) is -0.353. The maximum atomic E-state index is 12.8. The molecule has 0 aliphatic heterocycles. The molecule has 0 saturated carbocycles. The van der Waals surface area contributed by atoms with Gasteiger partial charge in [-0.15, -0.1) is 0 Å². The molecule has 0 aliphatic carbocycles. The van der Waals surface area contributed by atoms with Crippen LogP contribution in [-0.4, -0.2) is 10.9 Å². The van der Waals surface area contributed by atoms with E-state index in [2.05, 4.69) is 26.2 Å². The van der Waals surface area contributed by atoms with E-state index < -0.39 is 17.6 Å². The van der Waals surface area contributed by atoms with Crippen molar-refractivity contribution in [1.29, 1.82) is 0 Å². The van der Waals surface area contributed by atoms with Crippen LogP contribution in [0.25, 0.3) is 0 Å². The smallest absolute Gasteiger partial charge is 0.322 e. The molecule has 7 heteroatoms.